The number of rotatable bonds is 42. The predicted molar refractivity (Wildman–Crippen MR) is 230 cm³/mol. The average Bonchev–Trinajstić information content (AvgIpc) is 3.18. The maximum atomic E-state index is 12.5. The highest BCUT2D eigenvalue weighted by atomic mass is 31.2. The van der Waals surface area contributed by atoms with Gasteiger partial charge in [0.05, 0.1) is 6.61 Å². The Kier molecular flexibility index (Phi) is 40.6. The maximum absolute atomic E-state index is 12.5. The van der Waals surface area contributed by atoms with E-state index in [2.05, 4.69) is 54.8 Å². The van der Waals surface area contributed by atoms with E-state index in [0.29, 0.717) is 6.42 Å². The highest BCUT2D eigenvalue weighted by Crippen LogP contribution is 2.42. The van der Waals surface area contributed by atoms with Crippen molar-refractivity contribution >= 4 is 19.8 Å². The van der Waals surface area contributed by atoms with Gasteiger partial charge in [-0.3, -0.25) is 18.6 Å². The summed E-state index contributed by atoms with van der Waals surface area (Å²) in [6.45, 7) is 3.87. The fourth-order valence-electron chi connectivity index (χ4n) is 6.33. The van der Waals surface area contributed by atoms with Crippen molar-refractivity contribution in [2.24, 2.45) is 0 Å². The van der Waals surface area contributed by atoms with E-state index in [1.807, 2.05) is 0 Å². The van der Waals surface area contributed by atoms with Crippen LogP contribution >= 0.6 is 7.82 Å². The molecule has 0 radical (unpaired) electrons. The van der Waals surface area contributed by atoms with Crippen molar-refractivity contribution in [3.05, 3.63) is 36.5 Å². The monoisotopic (exact) mass is 797 g/mol. The first-order valence-electron chi connectivity index (χ1n) is 22.7. The van der Waals surface area contributed by atoms with Crippen LogP contribution in [0.3, 0.4) is 0 Å². The van der Waals surface area contributed by atoms with Crippen molar-refractivity contribution in [1.82, 2.24) is 0 Å². The molecule has 0 saturated carbocycles. The molecule has 9 heteroatoms. The minimum absolute atomic E-state index is 0.229. The molecular weight excluding hydrogens is 711 g/mol. The Hall–Kier alpha value is -1.73. The van der Waals surface area contributed by atoms with Crippen molar-refractivity contribution in [3.63, 3.8) is 0 Å². The lowest BCUT2D eigenvalue weighted by molar-refractivity contribution is -0.161. The third-order valence-corrected chi connectivity index (χ3v) is 10.8. The molecule has 0 aliphatic heterocycles. The number of carbonyl (C=O) groups is 2. The zero-order valence-corrected chi connectivity index (χ0v) is 36.7. The van der Waals surface area contributed by atoms with Crippen LogP contribution in [0.2, 0.25) is 0 Å². The molecule has 0 fully saturated rings. The van der Waals surface area contributed by atoms with Gasteiger partial charge in [-0.25, -0.2) is 4.57 Å². The van der Waals surface area contributed by atoms with Gasteiger partial charge in [0.2, 0.25) is 0 Å². The van der Waals surface area contributed by atoms with Crippen LogP contribution in [0, 0.1) is 0 Å². The SMILES string of the molecule is CCCCCC/C=C\CCCCCCCC(=O)OCC(COP(=O)(O)OC)OC(=O)CCCCCCCCCCCCC/C=C\C/C=C\CCCCCCC. The summed E-state index contributed by atoms with van der Waals surface area (Å²) in [6.07, 6.45) is 49.1. The molecule has 0 spiro atoms. The minimum Gasteiger partial charge on any atom is -0.462 e. The highest BCUT2D eigenvalue weighted by Gasteiger charge is 2.24. The summed E-state index contributed by atoms with van der Waals surface area (Å²) in [4.78, 5) is 34.5. The number of unbranched alkanes of at least 4 members (excludes halogenated alkanes) is 25. The molecule has 55 heavy (non-hydrogen) atoms. The van der Waals surface area contributed by atoms with Gasteiger partial charge in [0.25, 0.3) is 0 Å². The Labute approximate surface area is 338 Å². The lowest BCUT2D eigenvalue weighted by atomic mass is 10.0. The number of allylic oxidation sites excluding steroid dienone is 6. The molecule has 0 saturated heterocycles. The molecular formula is C46H85O8P. The van der Waals surface area contributed by atoms with E-state index >= 15 is 0 Å². The van der Waals surface area contributed by atoms with Gasteiger partial charge in [-0.15, -0.1) is 0 Å². The Morgan fingerprint density at radius 3 is 1.31 bits per heavy atom. The normalized spacial score (nSPS) is 13.6. The summed E-state index contributed by atoms with van der Waals surface area (Å²) in [5.74, 6) is -0.812. The van der Waals surface area contributed by atoms with Crippen LogP contribution < -0.4 is 0 Å². The van der Waals surface area contributed by atoms with Crippen LogP contribution in [0.25, 0.3) is 0 Å². The number of phosphoric ester groups is 1. The predicted octanol–water partition coefficient (Wildman–Crippen LogP) is 14.4. The van der Waals surface area contributed by atoms with Crippen LogP contribution in [-0.4, -0.2) is 43.3 Å². The molecule has 0 heterocycles. The summed E-state index contributed by atoms with van der Waals surface area (Å²) in [7, 11) is -3.20. The van der Waals surface area contributed by atoms with E-state index in [-0.39, 0.29) is 25.4 Å². The summed E-state index contributed by atoms with van der Waals surface area (Å²) >= 11 is 0. The first-order valence-corrected chi connectivity index (χ1v) is 24.2. The second-order valence-corrected chi connectivity index (χ2v) is 16.7. The lowest BCUT2D eigenvalue weighted by Crippen LogP contribution is -2.29. The fourth-order valence-corrected chi connectivity index (χ4v) is 6.79. The molecule has 322 valence electrons. The molecule has 2 unspecified atom stereocenters. The van der Waals surface area contributed by atoms with E-state index in [1.54, 1.807) is 0 Å². The van der Waals surface area contributed by atoms with Gasteiger partial charge in [0.1, 0.15) is 6.61 Å². The Morgan fingerprint density at radius 1 is 0.509 bits per heavy atom. The van der Waals surface area contributed by atoms with Gasteiger partial charge in [0, 0.05) is 20.0 Å². The zero-order chi connectivity index (χ0) is 40.3. The van der Waals surface area contributed by atoms with Crippen LogP contribution in [0.1, 0.15) is 219 Å². The summed E-state index contributed by atoms with van der Waals surface area (Å²) in [5.41, 5.74) is 0. The van der Waals surface area contributed by atoms with Crippen LogP contribution in [0.15, 0.2) is 36.5 Å². The first kappa shape index (κ1) is 53.3. The van der Waals surface area contributed by atoms with Crippen molar-refractivity contribution in [3.8, 4) is 0 Å². The average molecular weight is 797 g/mol. The fraction of sp³-hybridized carbons (Fsp3) is 0.826. The molecule has 0 amide bonds. The van der Waals surface area contributed by atoms with Gasteiger partial charge >= 0.3 is 19.8 Å². The molecule has 0 aliphatic carbocycles. The molecule has 1 N–H and O–H groups in total. The van der Waals surface area contributed by atoms with E-state index in [0.717, 1.165) is 64.9 Å². The molecule has 0 bridgehead atoms. The van der Waals surface area contributed by atoms with Crippen molar-refractivity contribution in [2.45, 2.75) is 225 Å². The second-order valence-electron chi connectivity index (χ2n) is 15.2. The van der Waals surface area contributed by atoms with Crippen LogP contribution in [0.4, 0.5) is 0 Å². The van der Waals surface area contributed by atoms with E-state index in [1.165, 1.54) is 128 Å². The van der Waals surface area contributed by atoms with Crippen LogP contribution in [0.5, 0.6) is 0 Å². The topological polar surface area (TPSA) is 108 Å². The van der Waals surface area contributed by atoms with Crippen LogP contribution in [-0.2, 0) is 32.7 Å². The summed E-state index contributed by atoms with van der Waals surface area (Å²) in [6, 6.07) is 0. The van der Waals surface area contributed by atoms with Crippen molar-refractivity contribution < 1.29 is 37.6 Å². The smallest absolute Gasteiger partial charge is 0.462 e. The highest BCUT2D eigenvalue weighted by molar-refractivity contribution is 7.47. The lowest BCUT2D eigenvalue weighted by Gasteiger charge is -2.19. The molecule has 0 aliphatic rings. The van der Waals surface area contributed by atoms with Crippen molar-refractivity contribution in [2.75, 3.05) is 20.3 Å². The summed E-state index contributed by atoms with van der Waals surface area (Å²) < 4.78 is 32.0. The number of esters is 2. The minimum atomic E-state index is -4.26. The second kappa shape index (κ2) is 41.9. The molecule has 2 atom stereocenters. The molecule has 8 nitrogen and oxygen atoms in total. The third-order valence-electron chi connectivity index (χ3n) is 9.86. The van der Waals surface area contributed by atoms with Gasteiger partial charge in [-0.1, -0.05) is 172 Å². The quantitative estimate of drug-likeness (QED) is 0.0281. The number of ether oxygens (including phenoxy) is 2. The van der Waals surface area contributed by atoms with Gasteiger partial charge < -0.3 is 14.4 Å². The number of carbonyl (C=O) groups excluding carboxylic acids is 2. The first-order chi connectivity index (χ1) is 26.8. The Bertz CT molecular complexity index is 994. The van der Waals surface area contributed by atoms with Gasteiger partial charge in [-0.05, 0) is 70.6 Å². The maximum Gasteiger partial charge on any atom is 0.472 e. The van der Waals surface area contributed by atoms with E-state index < -0.39 is 26.5 Å². The van der Waals surface area contributed by atoms with Gasteiger partial charge in [-0.2, -0.15) is 0 Å². The number of hydrogen-bond acceptors (Lipinski definition) is 7. The standard InChI is InChI=1S/C46H85O8P/c1-4-6-8-10-12-14-16-18-19-20-21-22-23-24-25-26-27-29-31-33-35-37-39-41-46(48)54-44(43-53-55(49,50)51-3)42-52-45(47)40-38-36-34-32-30-28-17-15-13-11-9-7-5-2/h15-18,20-21,44H,4-14,19,22-43H2,1-3H3,(H,49,50)/b17-15-,18-16-,21-20-. The Morgan fingerprint density at radius 2 is 0.873 bits per heavy atom. The molecule has 0 rings (SSSR count). The largest absolute Gasteiger partial charge is 0.472 e. The third kappa shape index (κ3) is 41.7. The Balaban J connectivity index is 3.93. The van der Waals surface area contributed by atoms with Gasteiger partial charge in [0.15, 0.2) is 6.10 Å². The molecule has 0 aromatic heterocycles. The molecule has 0 aromatic rings. The number of phosphoric acid groups is 1. The molecule has 0 aromatic carbocycles. The van der Waals surface area contributed by atoms with Crippen molar-refractivity contribution in [1.29, 1.82) is 0 Å². The summed E-state index contributed by atoms with van der Waals surface area (Å²) in [5, 5.41) is 0. The van der Waals surface area contributed by atoms with E-state index in [9.17, 15) is 19.0 Å². The van der Waals surface area contributed by atoms with E-state index in [4.69, 9.17) is 14.0 Å². The number of hydrogen-bond donors (Lipinski definition) is 1. The zero-order valence-electron chi connectivity index (χ0n) is 35.8.